The SMILES string of the molecule is CCCCCC(C)(CC[C@H]1C(OC2CCCCO2)C[C@H](OC(=O)c2ccc(-c3ccccc3)cc2)[C@@H]1CCCCCCC(=O)O)O[Si](C)(C)C(C)(C)C. The van der Waals surface area contributed by atoms with Crippen molar-refractivity contribution in [1.29, 1.82) is 0 Å². The Morgan fingerprint density at radius 3 is 2.13 bits per heavy atom. The molecule has 2 aromatic carbocycles. The molecule has 0 spiro atoms. The van der Waals surface area contributed by atoms with Crippen molar-refractivity contribution in [3.05, 3.63) is 60.2 Å². The number of aliphatic carboxylic acids is 1. The average molecular weight is 751 g/mol. The van der Waals surface area contributed by atoms with Crippen molar-refractivity contribution in [3.63, 3.8) is 0 Å². The second-order valence-corrected chi connectivity index (χ2v) is 22.3. The molecule has 1 heterocycles. The molecule has 2 fully saturated rings. The molecule has 0 bridgehead atoms. The van der Waals surface area contributed by atoms with E-state index in [0.29, 0.717) is 18.4 Å². The summed E-state index contributed by atoms with van der Waals surface area (Å²) in [6.45, 7) is 17.0. The van der Waals surface area contributed by atoms with Crippen LogP contribution >= 0.6 is 0 Å². The summed E-state index contributed by atoms with van der Waals surface area (Å²) in [7, 11) is -2.05. The molecule has 0 amide bonds. The van der Waals surface area contributed by atoms with Gasteiger partial charge in [0.1, 0.15) is 6.10 Å². The Kier molecular flexibility index (Phi) is 16.6. The van der Waals surface area contributed by atoms with Crippen LogP contribution < -0.4 is 0 Å². The van der Waals surface area contributed by atoms with E-state index in [9.17, 15) is 9.59 Å². The fourth-order valence-corrected chi connectivity index (χ4v) is 9.84. The molecule has 1 aliphatic carbocycles. The van der Waals surface area contributed by atoms with Gasteiger partial charge in [-0.2, -0.15) is 0 Å². The zero-order valence-corrected chi connectivity index (χ0v) is 35.0. The maximum absolute atomic E-state index is 13.8. The molecule has 1 N–H and O–H groups in total. The van der Waals surface area contributed by atoms with Crippen LogP contribution in [0.4, 0.5) is 0 Å². The summed E-state index contributed by atoms with van der Waals surface area (Å²) in [5.41, 5.74) is 2.48. The molecule has 1 aliphatic heterocycles. The molecule has 8 heteroatoms. The summed E-state index contributed by atoms with van der Waals surface area (Å²) in [6.07, 6.45) is 14.1. The number of carboxylic acids is 1. The number of carbonyl (C=O) groups is 2. The Labute approximate surface area is 322 Å². The predicted octanol–water partition coefficient (Wildman–Crippen LogP) is 12.0. The largest absolute Gasteiger partial charge is 0.481 e. The van der Waals surface area contributed by atoms with E-state index in [1.54, 1.807) is 0 Å². The highest BCUT2D eigenvalue weighted by molar-refractivity contribution is 6.74. The molecular formula is C45H70O7Si. The van der Waals surface area contributed by atoms with E-state index in [-0.39, 0.29) is 53.4 Å². The molecule has 2 aliphatic rings. The Balaban J connectivity index is 1.58. The Morgan fingerprint density at radius 1 is 0.811 bits per heavy atom. The van der Waals surface area contributed by atoms with Crippen LogP contribution in [0.3, 0.4) is 0 Å². The highest BCUT2D eigenvalue weighted by Crippen LogP contribution is 2.47. The van der Waals surface area contributed by atoms with Crippen LogP contribution in [0.5, 0.6) is 0 Å². The maximum atomic E-state index is 13.8. The van der Waals surface area contributed by atoms with E-state index in [1.165, 1.54) is 12.8 Å². The molecule has 0 radical (unpaired) electrons. The number of carbonyl (C=O) groups excluding carboxylic acids is 1. The highest BCUT2D eigenvalue weighted by Gasteiger charge is 2.48. The molecule has 3 unspecified atom stereocenters. The number of carboxylic acid groups (broad SMARTS) is 1. The topological polar surface area (TPSA) is 91.3 Å². The number of benzene rings is 2. The number of esters is 1. The van der Waals surface area contributed by atoms with Gasteiger partial charge in [-0.25, -0.2) is 4.79 Å². The number of ether oxygens (including phenoxy) is 3. The van der Waals surface area contributed by atoms with Gasteiger partial charge < -0.3 is 23.7 Å². The predicted molar refractivity (Wildman–Crippen MR) is 217 cm³/mol. The fourth-order valence-electron chi connectivity index (χ4n) is 8.10. The van der Waals surface area contributed by atoms with Crippen molar-refractivity contribution in [2.45, 2.75) is 180 Å². The lowest BCUT2D eigenvalue weighted by molar-refractivity contribution is -0.197. The molecule has 53 heavy (non-hydrogen) atoms. The van der Waals surface area contributed by atoms with Crippen LogP contribution in [-0.4, -0.2) is 56.1 Å². The second-order valence-electron chi connectivity index (χ2n) is 17.6. The van der Waals surface area contributed by atoms with Gasteiger partial charge in [-0.15, -0.1) is 0 Å². The lowest BCUT2D eigenvalue weighted by Gasteiger charge is -2.45. The minimum absolute atomic E-state index is 0.0823. The van der Waals surface area contributed by atoms with Gasteiger partial charge in [0, 0.05) is 25.4 Å². The fraction of sp³-hybridized carbons (Fsp3) is 0.689. The molecule has 6 atom stereocenters. The molecule has 1 saturated carbocycles. The summed E-state index contributed by atoms with van der Waals surface area (Å²) in [4.78, 5) is 25.0. The van der Waals surface area contributed by atoms with Crippen molar-refractivity contribution in [2.24, 2.45) is 11.8 Å². The molecular weight excluding hydrogens is 681 g/mol. The third kappa shape index (κ3) is 13.3. The Morgan fingerprint density at radius 2 is 1.49 bits per heavy atom. The van der Waals surface area contributed by atoms with E-state index in [2.05, 4.69) is 59.8 Å². The van der Waals surface area contributed by atoms with Crippen molar-refractivity contribution in [3.8, 4) is 11.1 Å². The first-order valence-electron chi connectivity index (χ1n) is 20.8. The lowest BCUT2D eigenvalue weighted by Crippen LogP contribution is -2.49. The number of rotatable bonds is 21. The Bertz CT molecular complexity index is 1380. The third-order valence-electron chi connectivity index (χ3n) is 12.2. The van der Waals surface area contributed by atoms with Crippen molar-refractivity contribution in [1.82, 2.24) is 0 Å². The van der Waals surface area contributed by atoms with Gasteiger partial charge in [0.05, 0.1) is 17.3 Å². The van der Waals surface area contributed by atoms with Gasteiger partial charge in [0.25, 0.3) is 0 Å². The van der Waals surface area contributed by atoms with E-state index in [1.807, 2.05) is 42.5 Å². The number of unbranched alkanes of at least 4 members (excludes halogenated alkanes) is 5. The first kappa shape index (κ1) is 43.2. The first-order chi connectivity index (χ1) is 25.2. The van der Waals surface area contributed by atoms with Crippen molar-refractivity contribution in [2.75, 3.05) is 6.61 Å². The van der Waals surface area contributed by atoms with Crippen LogP contribution in [0.25, 0.3) is 11.1 Å². The summed E-state index contributed by atoms with van der Waals surface area (Å²) >= 11 is 0. The Hall–Kier alpha value is -2.52. The van der Waals surface area contributed by atoms with Gasteiger partial charge in [-0.1, -0.05) is 109 Å². The summed E-state index contributed by atoms with van der Waals surface area (Å²) < 4.78 is 26.8. The van der Waals surface area contributed by atoms with E-state index in [4.69, 9.17) is 23.7 Å². The van der Waals surface area contributed by atoms with Crippen LogP contribution in [0.1, 0.15) is 148 Å². The van der Waals surface area contributed by atoms with E-state index in [0.717, 1.165) is 88.4 Å². The third-order valence-corrected chi connectivity index (χ3v) is 16.8. The maximum Gasteiger partial charge on any atom is 0.338 e. The van der Waals surface area contributed by atoms with Gasteiger partial charge in [0.2, 0.25) is 0 Å². The van der Waals surface area contributed by atoms with Gasteiger partial charge in [-0.3, -0.25) is 4.79 Å². The standard InChI is InChI=1S/C45H70O7Si/c1-8-9-18-30-45(5,52-53(6,7)44(2,3)4)31-29-38-37(22-15-10-11-16-23-41(46)47)40(33-39(38)50-42-24-17-19-32-49-42)51-43(48)36-27-25-35(26-28-36)34-20-13-12-14-21-34/h12-14,20-21,25-28,37-40,42H,8-11,15-19,22-24,29-33H2,1-7H3,(H,46,47)/t37-,38-,39?,40+,42?,45?/m1/s1. The monoisotopic (exact) mass is 750 g/mol. The van der Waals surface area contributed by atoms with Crippen LogP contribution in [0.15, 0.2) is 54.6 Å². The zero-order valence-electron chi connectivity index (χ0n) is 34.0. The van der Waals surface area contributed by atoms with E-state index >= 15 is 0 Å². The quantitative estimate of drug-likeness (QED) is 0.0771. The van der Waals surface area contributed by atoms with Crippen molar-refractivity contribution < 1.29 is 33.3 Å². The summed E-state index contributed by atoms with van der Waals surface area (Å²) in [5, 5.41) is 9.26. The van der Waals surface area contributed by atoms with Crippen LogP contribution in [-0.2, 0) is 23.4 Å². The molecule has 2 aromatic rings. The number of hydrogen-bond donors (Lipinski definition) is 1. The minimum Gasteiger partial charge on any atom is -0.481 e. The van der Waals surface area contributed by atoms with Crippen molar-refractivity contribution >= 4 is 20.3 Å². The van der Waals surface area contributed by atoms with Crippen LogP contribution in [0.2, 0.25) is 18.1 Å². The number of hydrogen-bond acceptors (Lipinski definition) is 6. The molecule has 296 valence electrons. The van der Waals surface area contributed by atoms with Gasteiger partial charge in [0.15, 0.2) is 14.6 Å². The molecule has 1 saturated heterocycles. The van der Waals surface area contributed by atoms with Gasteiger partial charge >= 0.3 is 11.9 Å². The summed E-state index contributed by atoms with van der Waals surface area (Å²) in [5.74, 6) is -0.716. The average Bonchev–Trinajstić information content (AvgIpc) is 3.43. The highest BCUT2D eigenvalue weighted by atomic mass is 28.4. The minimum atomic E-state index is -2.05. The zero-order chi connectivity index (χ0) is 38.5. The summed E-state index contributed by atoms with van der Waals surface area (Å²) in [6, 6.07) is 17.9. The van der Waals surface area contributed by atoms with E-state index < -0.39 is 14.3 Å². The molecule has 4 rings (SSSR count). The smallest absolute Gasteiger partial charge is 0.338 e. The molecule has 7 nitrogen and oxygen atoms in total. The van der Waals surface area contributed by atoms with Crippen LogP contribution in [0, 0.1) is 11.8 Å². The first-order valence-corrected chi connectivity index (χ1v) is 23.7. The lowest BCUT2D eigenvalue weighted by atomic mass is 9.81. The second kappa shape index (κ2) is 20.4. The van der Waals surface area contributed by atoms with Gasteiger partial charge in [-0.05, 0) is 106 Å². The molecule has 0 aromatic heterocycles. The normalized spacial score (nSPS) is 23.4.